The molecule has 3 aliphatic rings. The summed E-state index contributed by atoms with van der Waals surface area (Å²) in [5, 5.41) is 0.888. The van der Waals surface area contributed by atoms with Crippen LogP contribution in [-0.2, 0) is 27.8 Å². The summed E-state index contributed by atoms with van der Waals surface area (Å²) in [5.41, 5.74) is 2.07. The van der Waals surface area contributed by atoms with Gasteiger partial charge in [-0.15, -0.1) is 0 Å². The average Bonchev–Trinajstić information content (AvgIpc) is 3.69. The van der Waals surface area contributed by atoms with Crippen molar-refractivity contribution in [3.8, 4) is 0 Å². The van der Waals surface area contributed by atoms with E-state index in [9.17, 15) is 12.8 Å². The van der Waals surface area contributed by atoms with Crippen LogP contribution >= 0.6 is 0 Å². The second-order valence-electron chi connectivity index (χ2n) is 12.2. The molecule has 1 aromatic carbocycles. The zero-order valence-electron chi connectivity index (χ0n) is 25.1. The van der Waals surface area contributed by atoms with Crippen molar-refractivity contribution in [2.24, 2.45) is 5.92 Å². The molecular formula is C34H43FN4O3S. The Morgan fingerprint density at radius 2 is 1.81 bits per heavy atom. The lowest BCUT2D eigenvalue weighted by molar-refractivity contribution is 0.0630. The van der Waals surface area contributed by atoms with Crippen molar-refractivity contribution in [3.05, 3.63) is 90.2 Å². The van der Waals surface area contributed by atoms with Gasteiger partial charge in [-0.3, -0.25) is 9.80 Å². The number of para-hydroxylation sites is 1. The average molecular weight is 607 g/mol. The van der Waals surface area contributed by atoms with E-state index in [1.54, 1.807) is 18.3 Å². The van der Waals surface area contributed by atoms with Crippen LogP contribution in [0.1, 0.15) is 56.6 Å². The Hall–Kier alpha value is -2.85. The number of fused-ring (bicyclic) bond motifs is 2. The smallest absolute Gasteiger partial charge is 0.248 e. The van der Waals surface area contributed by atoms with Crippen LogP contribution in [0.2, 0.25) is 0 Å². The molecule has 0 saturated heterocycles. The van der Waals surface area contributed by atoms with Crippen molar-refractivity contribution < 1.29 is 17.5 Å². The zero-order chi connectivity index (χ0) is 29.9. The van der Waals surface area contributed by atoms with Gasteiger partial charge < -0.3 is 4.74 Å². The molecule has 2 aromatic heterocycles. The standard InChI is InChI=1S/C34H43FN4O3S/c1-2-38(30-13-4-3-5-14-30)20-22-42-21-19-37(24-27-11-10-18-36-33(27)35)25-28-26-39(32-16-7-6-15-31(28)32)43(40,41)34-17-9-8-12-29(34)23-34/h6-12,15-18,26,29-30H,2-5,13-14,19-25H2,1H3. The number of ether oxygens (including phenoxy) is 1. The highest BCUT2D eigenvalue weighted by atomic mass is 32.2. The molecule has 0 amide bonds. The minimum absolute atomic E-state index is 0.0102. The maximum absolute atomic E-state index is 14.6. The lowest BCUT2D eigenvalue weighted by Gasteiger charge is -2.33. The van der Waals surface area contributed by atoms with Crippen LogP contribution < -0.4 is 0 Å². The lowest BCUT2D eigenvalue weighted by atomic mass is 9.94. The Labute approximate surface area is 255 Å². The van der Waals surface area contributed by atoms with E-state index in [4.69, 9.17) is 4.74 Å². The molecule has 2 heterocycles. The molecule has 230 valence electrons. The summed E-state index contributed by atoms with van der Waals surface area (Å²) in [4.78, 5) is 8.51. The van der Waals surface area contributed by atoms with Gasteiger partial charge in [-0.05, 0) is 43.5 Å². The van der Waals surface area contributed by atoms with Crippen LogP contribution in [0, 0.1) is 11.9 Å². The fourth-order valence-electron chi connectivity index (χ4n) is 6.99. The van der Waals surface area contributed by atoms with Crippen molar-refractivity contribution >= 4 is 20.9 Å². The van der Waals surface area contributed by atoms with Crippen LogP contribution in [-0.4, -0.2) is 70.8 Å². The monoisotopic (exact) mass is 606 g/mol. The minimum atomic E-state index is -3.68. The molecule has 2 saturated carbocycles. The van der Waals surface area contributed by atoms with Gasteiger partial charge >= 0.3 is 0 Å². The van der Waals surface area contributed by atoms with Gasteiger partial charge in [0.2, 0.25) is 16.0 Å². The van der Waals surface area contributed by atoms with E-state index in [1.807, 2.05) is 48.6 Å². The van der Waals surface area contributed by atoms with Crippen molar-refractivity contribution in [1.82, 2.24) is 18.8 Å². The van der Waals surface area contributed by atoms with Gasteiger partial charge in [-0.25, -0.2) is 17.4 Å². The Morgan fingerprint density at radius 3 is 2.60 bits per heavy atom. The largest absolute Gasteiger partial charge is 0.379 e. The molecule has 3 aromatic rings. The number of aromatic nitrogens is 2. The van der Waals surface area contributed by atoms with Crippen molar-refractivity contribution in [2.75, 3.05) is 32.8 Å². The zero-order valence-corrected chi connectivity index (χ0v) is 25.9. The number of nitrogens with zero attached hydrogens (tertiary/aromatic N) is 4. The van der Waals surface area contributed by atoms with E-state index in [0.717, 1.165) is 24.0 Å². The summed E-state index contributed by atoms with van der Waals surface area (Å²) in [6, 6.07) is 11.8. The summed E-state index contributed by atoms with van der Waals surface area (Å²) < 4.78 is 49.4. The normalized spacial score (nSPS) is 22.1. The van der Waals surface area contributed by atoms with Gasteiger partial charge in [0.25, 0.3) is 0 Å². The Bertz CT molecular complexity index is 1580. The van der Waals surface area contributed by atoms with E-state index in [1.165, 1.54) is 42.3 Å². The van der Waals surface area contributed by atoms with Crippen molar-refractivity contribution in [2.45, 2.75) is 69.3 Å². The highest BCUT2D eigenvalue weighted by Crippen LogP contribution is 2.55. The number of benzene rings is 1. The predicted octanol–water partition coefficient (Wildman–Crippen LogP) is 5.91. The predicted molar refractivity (Wildman–Crippen MR) is 169 cm³/mol. The van der Waals surface area contributed by atoms with E-state index in [2.05, 4.69) is 21.7 Å². The van der Waals surface area contributed by atoms with Crippen LogP contribution in [0.4, 0.5) is 4.39 Å². The summed E-state index contributed by atoms with van der Waals surface area (Å²) in [6.07, 6.45) is 17.9. The third kappa shape index (κ3) is 6.23. The molecule has 7 nitrogen and oxygen atoms in total. The third-order valence-electron chi connectivity index (χ3n) is 9.54. The quantitative estimate of drug-likeness (QED) is 0.168. The molecule has 0 aliphatic heterocycles. The number of rotatable bonds is 14. The molecule has 0 N–H and O–H groups in total. The number of allylic oxidation sites excluding steroid dienone is 3. The number of pyridine rings is 1. The van der Waals surface area contributed by atoms with Crippen LogP contribution in [0.25, 0.3) is 10.9 Å². The van der Waals surface area contributed by atoms with E-state index in [-0.39, 0.29) is 5.92 Å². The number of hydrogen-bond donors (Lipinski definition) is 0. The molecule has 0 bridgehead atoms. The van der Waals surface area contributed by atoms with Crippen LogP contribution in [0.15, 0.2) is 73.1 Å². The molecule has 9 heteroatoms. The molecule has 2 unspecified atom stereocenters. The summed E-state index contributed by atoms with van der Waals surface area (Å²) in [7, 11) is -3.68. The molecule has 6 rings (SSSR count). The lowest BCUT2D eigenvalue weighted by Crippen LogP contribution is -2.39. The summed E-state index contributed by atoms with van der Waals surface area (Å²) >= 11 is 0. The first-order valence-electron chi connectivity index (χ1n) is 15.8. The first-order valence-corrected chi connectivity index (χ1v) is 17.2. The minimum Gasteiger partial charge on any atom is -0.379 e. The first kappa shape index (κ1) is 30.2. The molecule has 2 fully saturated rings. The maximum Gasteiger partial charge on any atom is 0.248 e. The van der Waals surface area contributed by atoms with Crippen molar-refractivity contribution in [1.29, 1.82) is 0 Å². The second-order valence-corrected chi connectivity index (χ2v) is 14.3. The SMILES string of the molecule is CCN(CCOCCN(Cc1cccnc1F)Cc1cn(S(=O)(=O)C23C=CC=CC2C3)c2ccccc12)C1CCCCC1. The molecule has 0 spiro atoms. The van der Waals surface area contributed by atoms with Gasteiger partial charge in [0.15, 0.2) is 0 Å². The molecule has 0 radical (unpaired) electrons. The topological polar surface area (TPSA) is 67.7 Å². The maximum atomic E-state index is 14.6. The van der Waals surface area contributed by atoms with Crippen molar-refractivity contribution in [3.63, 3.8) is 0 Å². The van der Waals surface area contributed by atoms with Gasteiger partial charge in [-0.1, -0.05) is 74.8 Å². The highest BCUT2D eigenvalue weighted by Gasteiger charge is 2.62. The fraction of sp³-hybridized carbons (Fsp3) is 0.500. The van der Waals surface area contributed by atoms with Gasteiger partial charge in [0, 0.05) is 61.5 Å². The number of hydrogen-bond acceptors (Lipinski definition) is 6. The van der Waals surface area contributed by atoms with Gasteiger partial charge in [-0.2, -0.15) is 4.39 Å². The highest BCUT2D eigenvalue weighted by molar-refractivity contribution is 7.92. The Kier molecular flexibility index (Phi) is 9.14. The van der Waals surface area contributed by atoms with Crippen LogP contribution in [0.3, 0.4) is 0 Å². The molecule has 3 aliphatic carbocycles. The van der Waals surface area contributed by atoms with Gasteiger partial charge in [0.05, 0.1) is 18.7 Å². The molecule has 2 atom stereocenters. The number of halogens is 1. The summed E-state index contributed by atoms with van der Waals surface area (Å²) in [5.74, 6) is -0.475. The fourth-order valence-corrected chi connectivity index (χ4v) is 9.14. The number of likely N-dealkylation sites (N-methyl/N-ethyl adjacent to an activating group) is 1. The van der Waals surface area contributed by atoms with E-state index >= 15 is 0 Å². The Balaban J connectivity index is 1.18. The Morgan fingerprint density at radius 1 is 1.02 bits per heavy atom. The van der Waals surface area contributed by atoms with E-state index in [0.29, 0.717) is 56.4 Å². The molecular weight excluding hydrogens is 563 g/mol. The van der Waals surface area contributed by atoms with Gasteiger partial charge in [0.1, 0.15) is 4.75 Å². The van der Waals surface area contributed by atoms with Crippen LogP contribution in [0.5, 0.6) is 0 Å². The molecule has 43 heavy (non-hydrogen) atoms. The second kappa shape index (κ2) is 13.0. The van der Waals surface area contributed by atoms with E-state index < -0.39 is 20.7 Å². The third-order valence-corrected chi connectivity index (χ3v) is 11.9. The summed E-state index contributed by atoms with van der Waals surface area (Å²) in [6.45, 7) is 6.70. The first-order chi connectivity index (χ1) is 20.9.